The number of hydrogen-bond acceptors (Lipinski definition) is 4. The summed E-state index contributed by atoms with van der Waals surface area (Å²) in [6, 6.07) is 10.8. The second-order valence-electron chi connectivity index (χ2n) is 9.84. The van der Waals surface area contributed by atoms with Gasteiger partial charge in [0.15, 0.2) is 0 Å². The van der Waals surface area contributed by atoms with Gasteiger partial charge in [-0.05, 0) is 42.3 Å². The fraction of sp³-hybridized carbons (Fsp3) is 0.423. The van der Waals surface area contributed by atoms with Crippen molar-refractivity contribution in [3.8, 4) is 5.75 Å². The van der Waals surface area contributed by atoms with Crippen LogP contribution in [-0.4, -0.2) is 64.6 Å². The van der Waals surface area contributed by atoms with E-state index in [1.807, 2.05) is 37.4 Å². The summed E-state index contributed by atoms with van der Waals surface area (Å²) in [5.41, 5.74) is 4.39. The number of hydrogen-bond donors (Lipinski definition) is 2. The lowest BCUT2D eigenvalue weighted by Crippen LogP contribution is -2.54. The molecule has 0 spiro atoms. The second kappa shape index (κ2) is 7.52. The molecule has 0 unspecified atom stereocenters. The molecular weight excluding hydrogens is 440 g/mol. The Morgan fingerprint density at radius 2 is 1.97 bits per heavy atom. The summed E-state index contributed by atoms with van der Waals surface area (Å²) in [4.78, 5) is 19.1. The zero-order valence-corrected chi connectivity index (χ0v) is 19.1. The van der Waals surface area contributed by atoms with Gasteiger partial charge < -0.3 is 14.8 Å². The van der Waals surface area contributed by atoms with Gasteiger partial charge in [-0.2, -0.15) is 0 Å². The molecule has 3 fully saturated rings. The Hall–Kier alpha value is -2.97. The van der Waals surface area contributed by atoms with Gasteiger partial charge in [0.25, 0.3) is 5.92 Å². The Morgan fingerprint density at radius 3 is 2.68 bits per heavy atom. The number of carboxylic acids is 1. The highest BCUT2D eigenvalue weighted by Gasteiger charge is 2.76. The van der Waals surface area contributed by atoms with Crippen molar-refractivity contribution in [2.24, 2.45) is 11.8 Å². The Morgan fingerprint density at radius 1 is 1.21 bits per heavy atom. The molecule has 6 nitrogen and oxygen atoms in total. The molecule has 2 aromatic carbocycles. The van der Waals surface area contributed by atoms with E-state index < -0.39 is 23.7 Å². The van der Waals surface area contributed by atoms with Crippen molar-refractivity contribution in [3.05, 3.63) is 64.8 Å². The first kappa shape index (κ1) is 21.6. The van der Waals surface area contributed by atoms with Gasteiger partial charge in [-0.25, -0.2) is 13.6 Å². The van der Waals surface area contributed by atoms with Crippen molar-refractivity contribution in [1.29, 1.82) is 0 Å². The standard InChI is InChI=1S/C26H27F2N3O3/c1-14-9-22(34-2)18(17-7-8-29-24(14)17)10-30-13-21-23-19(26(23,27)28)11-31(21)12-20(30)15-3-5-16(6-4-15)25(32)33/h3-9,19-21,23,29H,10-13H2,1-2H3,(H,32,33)/t19-,20-,21+,23-/m0/s1. The molecule has 4 atom stereocenters. The predicted octanol–water partition coefficient (Wildman–Crippen LogP) is 4.31. The molecule has 3 aliphatic rings. The Kier molecular flexibility index (Phi) is 4.76. The third-order valence-electron chi connectivity index (χ3n) is 8.08. The molecule has 1 aromatic heterocycles. The number of aromatic nitrogens is 1. The van der Waals surface area contributed by atoms with Crippen molar-refractivity contribution < 1.29 is 23.4 Å². The highest BCUT2D eigenvalue weighted by molar-refractivity contribution is 5.88. The van der Waals surface area contributed by atoms with Gasteiger partial charge in [0.2, 0.25) is 0 Å². The van der Waals surface area contributed by atoms with E-state index in [0.717, 1.165) is 33.3 Å². The number of halogens is 2. The Labute approximate surface area is 196 Å². The van der Waals surface area contributed by atoms with Crippen molar-refractivity contribution in [2.75, 3.05) is 26.7 Å². The SMILES string of the molecule is COc1cc(C)c2[nH]ccc2c1CN1C[C@@H]2[C@@H]3[C@H](CN2C[C@H]1c1ccc(C(=O)O)cc1)C3(F)F. The van der Waals surface area contributed by atoms with Crippen LogP contribution in [0, 0.1) is 18.8 Å². The number of aryl methyl sites for hydroxylation is 1. The fourth-order valence-corrected chi connectivity index (χ4v) is 6.26. The number of ether oxygens (including phenoxy) is 1. The lowest BCUT2D eigenvalue weighted by atomic mass is 9.95. The van der Waals surface area contributed by atoms with Gasteiger partial charge >= 0.3 is 5.97 Å². The number of H-pyrrole nitrogens is 1. The minimum atomic E-state index is -2.56. The normalized spacial score (nSPS) is 28.0. The van der Waals surface area contributed by atoms with Gasteiger partial charge in [-0.15, -0.1) is 0 Å². The molecule has 2 saturated heterocycles. The average molecular weight is 468 g/mol. The monoisotopic (exact) mass is 467 g/mol. The molecule has 34 heavy (non-hydrogen) atoms. The van der Waals surface area contributed by atoms with Gasteiger partial charge in [0.05, 0.1) is 12.7 Å². The number of piperidine rings is 1. The van der Waals surface area contributed by atoms with Crippen molar-refractivity contribution >= 4 is 16.9 Å². The van der Waals surface area contributed by atoms with E-state index in [-0.39, 0.29) is 17.6 Å². The smallest absolute Gasteiger partial charge is 0.335 e. The molecule has 2 N–H and O–H groups in total. The number of rotatable bonds is 5. The lowest BCUT2D eigenvalue weighted by molar-refractivity contribution is -0.0208. The molecule has 3 aromatic rings. The molecular formula is C26H27F2N3O3. The van der Waals surface area contributed by atoms with Crippen LogP contribution in [0.1, 0.15) is 33.1 Å². The third-order valence-corrected chi connectivity index (χ3v) is 8.08. The van der Waals surface area contributed by atoms with Crippen LogP contribution in [0.2, 0.25) is 0 Å². The average Bonchev–Trinajstić information content (AvgIpc) is 3.22. The summed E-state index contributed by atoms with van der Waals surface area (Å²) >= 11 is 0. The first-order chi connectivity index (χ1) is 16.3. The van der Waals surface area contributed by atoms with E-state index in [0.29, 0.717) is 26.2 Å². The number of methoxy groups -OCH3 is 1. The van der Waals surface area contributed by atoms with Crippen LogP contribution < -0.4 is 4.74 Å². The number of alkyl halides is 2. The maximum atomic E-state index is 14.3. The molecule has 0 bridgehead atoms. The van der Waals surface area contributed by atoms with Gasteiger partial charge in [0.1, 0.15) is 5.75 Å². The first-order valence-corrected chi connectivity index (χ1v) is 11.6. The zero-order chi connectivity index (χ0) is 23.8. The number of nitrogens with one attached hydrogen (secondary N) is 1. The minimum Gasteiger partial charge on any atom is -0.496 e. The lowest BCUT2D eigenvalue weighted by Gasteiger charge is -2.45. The summed E-state index contributed by atoms with van der Waals surface area (Å²) in [5.74, 6) is -3.85. The number of benzene rings is 2. The maximum Gasteiger partial charge on any atom is 0.335 e. The molecule has 178 valence electrons. The summed E-state index contributed by atoms with van der Waals surface area (Å²) in [6.07, 6.45) is 1.91. The van der Waals surface area contributed by atoms with Crippen LogP contribution in [0.25, 0.3) is 10.9 Å². The summed E-state index contributed by atoms with van der Waals surface area (Å²) < 4.78 is 34.4. The minimum absolute atomic E-state index is 0.0368. The number of piperazine rings is 1. The van der Waals surface area contributed by atoms with Gasteiger partial charge in [-0.1, -0.05) is 12.1 Å². The van der Waals surface area contributed by atoms with E-state index in [9.17, 15) is 18.7 Å². The number of carboxylic acid groups (broad SMARTS) is 1. The third kappa shape index (κ3) is 3.15. The van der Waals surface area contributed by atoms with E-state index in [1.54, 1.807) is 19.2 Å². The zero-order valence-electron chi connectivity index (χ0n) is 19.1. The molecule has 3 heterocycles. The van der Waals surface area contributed by atoms with Crippen molar-refractivity contribution in [2.45, 2.75) is 31.5 Å². The van der Waals surface area contributed by atoms with Crippen molar-refractivity contribution in [3.63, 3.8) is 0 Å². The van der Waals surface area contributed by atoms with Crippen LogP contribution in [0.4, 0.5) is 8.78 Å². The van der Waals surface area contributed by atoms with E-state index in [1.165, 1.54) is 0 Å². The van der Waals surface area contributed by atoms with E-state index in [4.69, 9.17) is 4.74 Å². The van der Waals surface area contributed by atoms with Crippen molar-refractivity contribution in [1.82, 2.24) is 14.8 Å². The number of aromatic amines is 1. The number of carbonyl (C=O) groups is 1. The first-order valence-electron chi connectivity index (χ1n) is 11.6. The second-order valence-corrected chi connectivity index (χ2v) is 9.84. The summed E-state index contributed by atoms with van der Waals surface area (Å²) in [7, 11) is 1.66. The summed E-state index contributed by atoms with van der Waals surface area (Å²) in [6.45, 7) is 4.19. The van der Waals surface area contributed by atoms with E-state index >= 15 is 0 Å². The fourth-order valence-electron chi connectivity index (χ4n) is 6.26. The predicted molar refractivity (Wildman–Crippen MR) is 123 cm³/mol. The highest BCUT2D eigenvalue weighted by atomic mass is 19.3. The molecule has 0 radical (unpaired) electrons. The number of fused-ring (bicyclic) bond motifs is 4. The molecule has 1 saturated carbocycles. The highest BCUT2D eigenvalue weighted by Crippen LogP contribution is 2.63. The Balaban J connectivity index is 1.38. The topological polar surface area (TPSA) is 68.8 Å². The largest absolute Gasteiger partial charge is 0.496 e. The maximum absolute atomic E-state index is 14.3. The van der Waals surface area contributed by atoms with E-state index in [2.05, 4.69) is 14.8 Å². The molecule has 1 aliphatic carbocycles. The van der Waals surface area contributed by atoms with Crippen LogP contribution in [0.15, 0.2) is 42.6 Å². The van der Waals surface area contributed by atoms with Gasteiger partial charge in [-0.3, -0.25) is 9.80 Å². The van der Waals surface area contributed by atoms with Crippen LogP contribution in [-0.2, 0) is 6.54 Å². The van der Waals surface area contributed by atoms with Crippen LogP contribution in [0.3, 0.4) is 0 Å². The number of aromatic carboxylic acids is 1. The molecule has 6 rings (SSSR count). The molecule has 8 heteroatoms. The van der Waals surface area contributed by atoms with Gasteiger partial charge in [0, 0.05) is 72.8 Å². The Bertz CT molecular complexity index is 1270. The van der Waals surface area contributed by atoms with Crippen LogP contribution >= 0.6 is 0 Å². The van der Waals surface area contributed by atoms with Crippen LogP contribution in [0.5, 0.6) is 5.75 Å². The quantitative estimate of drug-likeness (QED) is 0.586. The summed E-state index contributed by atoms with van der Waals surface area (Å²) in [5, 5.41) is 10.4. The molecule has 2 aliphatic heterocycles. The number of nitrogens with zero attached hydrogens (tertiary/aromatic N) is 2. The molecule has 0 amide bonds.